The van der Waals surface area contributed by atoms with Crippen LogP contribution in [0.2, 0.25) is 0 Å². The highest BCUT2D eigenvalue weighted by Gasteiger charge is 2.31. The minimum Gasteiger partial charge on any atom is -0.406 e. The molecule has 2 N–H and O–H groups in total. The molecule has 0 spiro atoms. The van der Waals surface area contributed by atoms with Crippen molar-refractivity contribution in [2.45, 2.75) is 38.2 Å². The summed E-state index contributed by atoms with van der Waals surface area (Å²) < 4.78 is 40.1. The van der Waals surface area contributed by atoms with E-state index in [0.717, 1.165) is 12.8 Å². The fourth-order valence-electron chi connectivity index (χ4n) is 1.65. The third-order valence-electron chi connectivity index (χ3n) is 2.77. The van der Waals surface area contributed by atoms with Gasteiger partial charge in [0, 0.05) is 17.8 Å². The smallest absolute Gasteiger partial charge is 0.406 e. The molecule has 0 aromatic heterocycles. The van der Waals surface area contributed by atoms with Gasteiger partial charge in [-0.15, -0.1) is 13.2 Å². The molecule has 0 saturated heterocycles. The normalized spacial score (nSPS) is 16.4. The Labute approximate surface area is 114 Å². The molecule has 7 heteroatoms. The number of amides is 1. The molecule has 1 amide bonds. The molecule has 1 fully saturated rings. The zero-order valence-electron chi connectivity index (χ0n) is 10.8. The highest BCUT2D eigenvalue weighted by atomic mass is 19.4. The van der Waals surface area contributed by atoms with Gasteiger partial charge >= 0.3 is 6.36 Å². The lowest BCUT2D eigenvalue weighted by Crippen LogP contribution is -2.38. The number of nitrogens with one attached hydrogen (secondary N) is 2. The van der Waals surface area contributed by atoms with E-state index in [4.69, 9.17) is 0 Å². The molecule has 0 radical (unpaired) electrons. The summed E-state index contributed by atoms with van der Waals surface area (Å²) in [5.41, 5.74) is 0.394. The predicted octanol–water partition coefficient (Wildman–Crippen LogP) is 2.66. The number of benzene rings is 1. The Morgan fingerprint density at radius 1 is 1.40 bits per heavy atom. The van der Waals surface area contributed by atoms with Gasteiger partial charge in [-0.2, -0.15) is 0 Å². The maximum atomic E-state index is 12.1. The average molecular weight is 288 g/mol. The number of hydrogen-bond acceptors (Lipinski definition) is 3. The van der Waals surface area contributed by atoms with Crippen molar-refractivity contribution in [3.8, 4) is 5.75 Å². The fraction of sp³-hybridized carbons (Fsp3) is 0.462. The Hall–Kier alpha value is -1.92. The number of anilines is 1. The van der Waals surface area contributed by atoms with E-state index in [0.29, 0.717) is 5.69 Å². The van der Waals surface area contributed by atoms with Gasteiger partial charge in [0.25, 0.3) is 0 Å². The second kappa shape index (κ2) is 5.60. The second-order valence-electron chi connectivity index (χ2n) is 4.72. The topological polar surface area (TPSA) is 50.4 Å². The first kappa shape index (κ1) is 14.5. The minimum absolute atomic E-state index is 0.172. The lowest BCUT2D eigenvalue weighted by Gasteiger charge is -2.16. The van der Waals surface area contributed by atoms with Crippen LogP contribution in [0.3, 0.4) is 0 Å². The molecule has 1 aromatic carbocycles. The Kier molecular flexibility index (Phi) is 4.06. The number of hydrogen-bond donors (Lipinski definition) is 2. The molecule has 110 valence electrons. The van der Waals surface area contributed by atoms with E-state index >= 15 is 0 Å². The van der Waals surface area contributed by atoms with E-state index in [1.807, 2.05) is 0 Å². The first-order valence-corrected chi connectivity index (χ1v) is 6.26. The van der Waals surface area contributed by atoms with Crippen molar-refractivity contribution in [2.75, 3.05) is 5.32 Å². The molecular formula is C13H15F3N2O2. The molecule has 4 nitrogen and oxygen atoms in total. The van der Waals surface area contributed by atoms with Crippen molar-refractivity contribution < 1.29 is 22.7 Å². The van der Waals surface area contributed by atoms with Gasteiger partial charge in [0.1, 0.15) is 11.8 Å². The molecule has 1 aliphatic carbocycles. The number of rotatable bonds is 5. The van der Waals surface area contributed by atoms with E-state index in [2.05, 4.69) is 15.4 Å². The highest BCUT2D eigenvalue weighted by molar-refractivity contribution is 5.84. The van der Waals surface area contributed by atoms with Gasteiger partial charge in [0.05, 0.1) is 0 Å². The molecule has 1 saturated carbocycles. The largest absolute Gasteiger partial charge is 0.573 e. The maximum Gasteiger partial charge on any atom is 0.573 e. The van der Waals surface area contributed by atoms with Crippen LogP contribution in [0.25, 0.3) is 0 Å². The lowest BCUT2D eigenvalue weighted by atomic mass is 10.2. The molecule has 1 aromatic rings. The van der Waals surface area contributed by atoms with Crippen LogP contribution in [0, 0.1) is 0 Å². The number of carbonyl (C=O) groups is 1. The molecule has 0 aliphatic heterocycles. The van der Waals surface area contributed by atoms with Crippen molar-refractivity contribution in [1.82, 2.24) is 5.32 Å². The van der Waals surface area contributed by atoms with Crippen molar-refractivity contribution in [2.24, 2.45) is 0 Å². The summed E-state index contributed by atoms with van der Waals surface area (Å²) in [5, 5.41) is 5.66. The number of alkyl halides is 3. The van der Waals surface area contributed by atoms with E-state index in [1.54, 1.807) is 13.0 Å². The molecule has 1 unspecified atom stereocenters. The first-order valence-electron chi connectivity index (χ1n) is 6.26. The molecule has 0 bridgehead atoms. The Bertz CT molecular complexity index is 487. The van der Waals surface area contributed by atoms with Crippen LogP contribution in [0.1, 0.15) is 19.8 Å². The van der Waals surface area contributed by atoms with Gasteiger partial charge < -0.3 is 15.4 Å². The standard InChI is InChI=1S/C13H15F3N2O2/c1-8(12(19)18-9-5-6-9)17-10-3-2-4-11(7-10)20-13(14,15)16/h2-4,7-9,17H,5-6H2,1H3,(H,18,19). The van der Waals surface area contributed by atoms with Crippen molar-refractivity contribution in [3.63, 3.8) is 0 Å². The van der Waals surface area contributed by atoms with E-state index < -0.39 is 12.4 Å². The van der Waals surface area contributed by atoms with Crippen molar-refractivity contribution in [1.29, 1.82) is 0 Å². The van der Waals surface area contributed by atoms with Gasteiger partial charge in [0.2, 0.25) is 5.91 Å². The zero-order valence-corrected chi connectivity index (χ0v) is 10.8. The van der Waals surface area contributed by atoms with Crippen molar-refractivity contribution in [3.05, 3.63) is 24.3 Å². The summed E-state index contributed by atoms with van der Waals surface area (Å²) in [6, 6.07) is 5.12. The van der Waals surface area contributed by atoms with Crippen LogP contribution in [-0.4, -0.2) is 24.4 Å². The summed E-state index contributed by atoms with van der Waals surface area (Å²) >= 11 is 0. The van der Waals surface area contributed by atoms with Gasteiger partial charge in [-0.05, 0) is 31.9 Å². The molecular weight excluding hydrogens is 273 g/mol. The average Bonchev–Trinajstić information content (AvgIpc) is 3.11. The van der Waals surface area contributed by atoms with Crippen LogP contribution >= 0.6 is 0 Å². The van der Waals surface area contributed by atoms with Gasteiger partial charge in [0.15, 0.2) is 0 Å². The van der Waals surface area contributed by atoms with Crippen LogP contribution in [-0.2, 0) is 4.79 Å². The van der Waals surface area contributed by atoms with Gasteiger partial charge in [-0.1, -0.05) is 6.07 Å². The third kappa shape index (κ3) is 4.64. The highest BCUT2D eigenvalue weighted by Crippen LogP contribution is 2.25. The molecule has 1 atom stereocenters. The maximum absolute atomic E-state index is 12.1. The summed E-state index contributed by atoms with van der Waals surface area (Å²) in [6.45, 7) is 1.65. The van der Waals surface area contributed by atoms with E-state index in [-0.39, 0.29) is 17.7 Å². The van der Waals surface area contributed by atoms with Gasteiger partial charge in [-0.25, -0.2) is 0 Å². The minimum atomic E-state index is -4.73. The van der Waals surface area contributed by atoms with Crippen molar-refractivity contribution >= 4 is 11.6 Å². The van der Waals surface area contributed by atoms with Gasteiger partial charge in [-0.3, -0.25) is 4.79 Å². The van der Waals surface area contributed by atoms with Crippen LogP contribution in [0.5, 0.6) is 5.75 Å². The summed E-state index contributed by atoms with van der Waals surface area (Å²) in [6.07, 6.45) is -2.77. The van der Waals surface area contributed by atoms with E-state index in [1.165, 1.54) is 18.2 Å². The summed E-state index contributed by atoms with van der Waals surface area (Å²) in [7, 11) is 0. The number of ether oxygens (including phenoxy) is 1. The lowest BCUT2D eigenvalue weighted by molar-refractivity contribution is -0.274. The molecule has 2 rings (SSSR count). The fourth-order valence-corrected chi connectivity index (χ4v) is 1.65. The second-order valence-corrected chi connectivity index (χ2v) is 4.72. The number of halogens is 3. The molecule has 0 heterocycles. The third-order valence-corrected chi connectivity index (χ3v) is 2.77. The van der Waals surface area contributed by atoms with Crippen LogP contribution < -0.4 is 15.4 Å². The molecule has 1 aliphatic rings. The monoisotopic (exact) mass is 288 g/mol. The molecule has 20 heavy (non-hydrogen) atoms. The Morgan fingerprint density at radius 2 is 2.10 bits per heavy atom. The van der Waals surface area contributed by atoms with E-state index in [9.17, 15) is 18.0 Å². The SMILES string of the molecule is CC(Nc1cccc(OC(F)(F)F)c1)C(=O)NC1CC1. The Morgan fingerprint density at radius 3 is 2.70 bits per heavy atom. The summed E-state index contributed by atoms with van der Waals surface area (Å²) in [4.78, 5) is 11.7. The van der Waals surface area contributed by atoms with Crippen LogP contribution in [0.15, 0.2) is 24.3 Å². The number of carbonyl (C=O) groups excluding carboxylic acids is 1. The predicted molar refractivity (Wildman–Crippen MR) is 67.4 cm³/mol. The van der Waals surface area contributed by atoms with Crippen LogP contribution in [0.4, 0.5) is 18.9 Å². The zero-order chi connectivity index (χ0) is 14.8. The Balaban J connectivity index is 1.94. The summed E-state index contributed by atoms with van der Waals surface area (Å²) in [5.74, 6) is -0.494. The first-order chi connectivity index (χ1) is 9.33. The quantitative estimate of drug-likeness (QED) is 0.875.